The van der Waals surface area contributed by atoms with Crippen molar-refractivity contribution in [1.29, 1.82) is 5.26 Å². The summed E-state index contributed by atoms with van der Waals surface area (Å²) in [5.41, 5.74) is 4.38. The molecule has 0 bridgehead atoms. The first-order chi connectivity index (χ1) is 15.2. The van der Waals surface area contributed by atoms with Crippen molar-refractivity contribution in [3.05, 3.63) is 48.0 Å². The van der Waals surface area contributed by atoms with Crippen LogP contribution in [-0.2, 0) is 0 Å². The number of urea groups is 1. The number of amides is 2. The Kier molecular flexibility index (Phi) is 6.13. The van der Waals surface area contributed by atoms with Crippen LogP contribution < -0.4 is 15.4 Å². The number of benzene rings is 2. The highest BCUT2D eigenvalue weighted by Gasteiger charge is 2.27. The lowest BCUT2D eigenvalue weighted by molar-refractivity contribution is 0.252. The molecule has 1 heterocycles. The maximum absolute atomic E-state index is 11.9. The first kappa shape index (κ1) is 20.8. The van der Waals surface area contributed by atoms with Crippen LogP contribution in [0, 0.1) is 11.3 Å². The minimum Gasteiger partial charge on any atom is -0.494 e. The SMILES string of the molecule is CCCNC(=O)Nc1ccc(-c2c(C#N)c3cc(OCC)ccc3n2C2CCC2)cc1. The molecule has 160 valence electrons. The Morgan fingerprint density at radius 1 is 1.19 bits per heavy atom. The van der Waals surface area contributed by atoms with E-state index in [0.29, 0.717) is 24.8 Å². The number of hydrogen-bond acceptors (Lipinski definition) is 3. The van der Waals surface area contributed by atoms with Crippen LogP contribution in [0.3, 0.4) is 0 Å². The zero-order valence-electron chi connectivity index (χ0n) is 18.1. The molecule has 0 atom stereocenters. The number of anilines is 1. The van der Waals surface area contributed by atoms with Crippen LogP contribution >= 0.6 is 0 Å². The molecular formula is C25H28N4O2. The highest BCUT2D eigenvalue weighted by molar-refractivity contribution is 5.96. The van der Waals surface area contributed by atoms with Gasteiger partial charge in [0.25, 0.3) is 0 Å². The van der Waals surface area contributed by atoms with Crippen LogP contribution in [0.25, 0.3) is 22.2 Å². The molecule has 2 N–H and O–H groups in total. The summed E-state index contributed by atoms with van der Waals surface area (Å²) in [5, 5.41) is 16.7. The topological polar surface area (TPSA) is 79.1 Å². The summed E-state index contributed by atoms with van der Waals surface area (Å²) in [6.07, 6.45) is 4.33. The lowest BCUT2D eigenvalue weighted by Crippen LogP contribution is -2.29. The molecule has 1 saturated carbocycles. The number of carbonyl (C=O) groups is 1. The maximum atomic E-state index is 11.9. The van der Waals surface area contributed by atoms with Crippen molar-refractivity contribution in [1.82, 2.24) is 9.88 Å². The van der Waals surface area contributed by atoms with Crippen molar-refractivity contribution >= 4 is 22.6 Å². The number of nitrogens with zero attached hydrogens (tertiary/aromatic N) is 2. The molecule has 3 aromatic rings. The largest absolute Gasteiger partial charge is 0.494 e. The zero-order chi connectivity index (χ0) is 21.8. The lowest BCUT2D eigenvalue weighted by Gasteiger charge is -2.30. The number of rotatable bonds is 7. The van der Waals surface area contributed by atoms with Crippen molar-refractivity contribution < 1.29 is 9.53 Å². The number of aromatic nitrogens is 1. The van der Waals surface area contributed by atoms with Crippen LogP contribution in [0.1, 0.15) is 51.1 Å². The van der Waals surface area contributed by atoms with E-state index in [4.69, 9.17) is 4.74 Å². The fourth-order valence-corrected chi connectivity index (χ4v) is 4.10. The fourth-order valence-electron chi connectivity index (χ4n) is 4.10. The lowest BCUT2D eigenvalue weighted by atomic mass is 9.92. The van der Waals surface area contributed by atoms with Crippen molar-refractivity contribution in [3.63, 3.8) is 0 Å². The summed E-state index contributed by atoms with van der Waals surface area (Å²) in [5.74, 6) is 0.779. The zero-order valence-corrected chi connectivity index (χ0v) is 18.1. The molecule has 6 nitrogen and oxygen atoms in total. The van der Waals surface area contributed by atoms with Gasteiger partial charge >= 0.3 is 6.03 Å². The molecule has 2 amide bonds. The van der Waals surface area contributed by atoms with E-state index in [1.165, 1.54) is 6.42 Å². The Bertz CT molecular complexity index is 1120. The predicted molar refractivity (Wildman–Crippen MR) is 123 cm³/mol. The minimum atomic E-state index is -0.209. The third-order valence-corrected chi connectivity index (χ3v) is 5.79. The van der Waals surface area contributed by atoms with E-state index in [1.807, 2.05) is 50.2 Å². The Hall–Kier alpha value is -3.46. The molecule has 0 aliphatic heterocycles. The van der Waals surface area contributed by atoms with Gasteiger partial charge in [0.05, 0.1) is 23.4 Å². The number of nitrogens with one attached hydrogen (secondary N) is 2. The number of fused-ring (bicyclic) bond motifs is 1. The highest BCUT2D eigenvalue weighted by atomic mass is 16.5. The van der Waals surface area contributed by atoms with Crippen molar-refractivity contribution in [2.75, 3.05) is 18.5 Å². The molecule has 2 aromatic carbocycles. The van der Waals surface area contributed by atoms with E-state index < -0.39 is 0 Å². The van der Waals surface area contributed by atoms with Gasteiger partial charge < -0.3 is 19.9 Å². The number of nitriles is 1. The third-order valence-electron chi connectivity index (χ3n) is 5.79. The Labute approximate surface area is 182 Å². The number of hydrogen-bond donors (Lipinski definition) is 2. The Morgan fingerprint density at radius 3 is 2.58 bits per heavy atom. The summed E-state index contributed by atoms with van der Waals surface area (Å²) in [7, 11) is 0. The van der Waals surface area contributed by atoms with Gasteiger partial charge in [-0.2, -0.15) is 5.26 Å². The Balaban J connectivity index is 1.75. The standard InChI is InChI=1S/C25H28N4O2/c1-3-14-27-25(30)28-18-10-8-17(9-11-18)24-22(16-26)21-15-20(31-4-2)12-13-23(21)29(24)19-6-5-7-19/h8-13,15,19H,3-7,14H2,1-2H3,(H2,27,28,30). The molecule has 1 fully saturated rings. The summed E-state index contributed by atoms with van der Waals surface area (Å²) in [6.45, 7) is 5.20. The molecular weight excluding hydrogens is 388 g/mol. The second kappa shape index (κ2) is 9.13. The van der Waals surface area contributed by atoms with Gasteiger partial charge in [0.2, 0.25) is 0 Å². The molecule has 0 spiro atoms. The van der Waals surface area contributed by atoms with Crippen molar-refractivity contribution in [2.45, 2.75) is 45.6 Å². The Morgan fingerprint density at radius 2 is 1.97 bits per heavy atom. The van der Waals surface area contributed by atoms with Crippen LogP contribution in [0.5, 0.6) is 5.75 Å². The molecule has 31 heavy (non-hydrogen) atoms. The highest BCUT2D eigenvalue weighted by Crippen LogP contribution is 2.43. The quantitative estimate of drug-likeness (QED) is 0.508. The summed E-state index contributed by atoms with van der Waals surface area (Å²) in [4.78, 5) is 11.9. The first-order valence-electron chi connectivity index (χ1n) is 11.0. The average Bonchev–Trinajstić information content (AvgIpc) is 3.05. The minimum absolute atomic E-state index is 0.209. The van der Waals surface area contributed by atoms with E-state index in [-0.39, 0.29) is 6.03 Å². The second-order valence-electron chi connectivity index (χ2n) is 7.86. The smallest absolute Gasteiger partial charge is 0.319 e. The third kappa shape index (κ3) is 4.09. The van der Waals surface area contributed by atoms with Crippen LogP contribution in [0.15, 0.2) is 42.5 Å². The van der Waals surface area contributed by atoms with Gasteiger partial charge in [0, 0.05) is 23.7 Å². The monoisotopic (exact) mass is 416 g/mol. The van der Waals surface area contributed by atoms with E-state index in [0.717, 1.165) is 52.9 Å². The molecule has 0 radical (unpaired) electrons. The van der Waals surface area contributed by atoms with E-state index in [2.05, 4.69) is 27.3 Å². The van der Waals surface area contributed by atoms with E-state index in [1.54, 1.807) is 0 Å². The van der Waals surface area contributed by atoms with Crippen LogP contribution in [0.4, 0.5) is 10.5 Å². The summed E-state index contributed by atoms with van der Waals surface area (Å²) >= 11 is 0. The molecule has 0 unspecified atom stereocenters. The van der Waals surface area contributed by atoms with E-state index >= 15 is 0 Å². The van der Waals surface area contributed by atoms with Gasteiger partial charge in [0.15, 0.2) is 0 Å². The number of carbonyl (C=O) groups excluding carboxylic acids is 1. The summed E-state index contributed by atoms with van der Waals surface area (Å²) < 4.78 is 8.01. The predicted octanol–water partition coefficient (Wildman–Crippen LogP) is 5.84. The molecule has 6 heteroatoms. The summed E-state index contributed by atoms with van der Waals surface area (Å²) in [6, 6.07) is 16.4. The average molecular weight is 417 g/mol. The van der Waals surface area contributed by atoms with Gasteiger partial charge in [-0.1, -0.05) is 19.1 Å². The maximum Gasteiger partial charge on any atom is 0.319 e. The van der Waals surface area contributed by atoms with Crippen LogP contribution in [-0.4, -0.2) is 23.7 Å². The molecule has 1 aliphatic carbocycles. The van der Waals surface area contributed by atoms with Crippen molar-refractivity contribution in [2.24, 2.45) is 0 Å². The van der Waals surface area contributed by atoms with Crippen LogP contribution in [0.2, 0.25) is 0 Å². The van der Waals surface area contributed by atoms with Gasteiger partial charge in [-0.25, -0.2) is 4.79 Å². The fraction of sp³-hybridized carbons (Fsp3) is 0.360. The second-order valence-corrected chi connectivity index (χ2v) is 7.86. The van der Waals surface area contributed by atoms with Crippen molar-refractivity contribution in [3.8, 4) is 23.1 Å². The van der Waals surface area contributed by atoms with Gasteiger partial charge in [0.1, 0.15) is 11.8 Å². The number of ether oxygens (including phenoxy) is 1. The van der Waals surface area contributed by atoms with Gasteiger partial charge in [-0.15, -0.1) is 0 Å². The molecule has 1 aliphatic rings. The molecule has 4 rings (SSSR count). The molecule has 1 aromatic heterocycles. The van der Waals surface area contributed by atoms with Gasteiger partial charge in [-0.05, 0) is 68.5 Å². The first-order valence-corrected chi connectivity index (χ1v) is 11.0. The normalized spacial score (nSPS) is 13.5. The molecule has 0 saturated heterocycles. The van der Waals surface area contributed by atoms with E-state index in [9.17, 15) is 10.1 Å². The van der Waals surface area contributed by atoms with Gasteiger partial charge in [-0.3, -0.25) is 0 Å².